The number of carbonyl (C=O) groups excluding carboxylic acids is 2. The second kappa shape index (κ2) is 7.90. The smallest absolute Gasteiger partial charge is 0.270 e. The van der Waals surface area contributed by atoms with Crippen LogP contribution in [0.25, 0.3) is 6.08 Å². The van der Waals surface area contributed by atoms with Crippen LogP contribution in [0.3, 0.4) is 0 Å². The van der Waals surface area contributed by atoms with Crippen molar-refractivity contribution in [3.63, 3.8) is 0 Å². The Balaban J connectivity index is 2.00. The van der Waals surface area contributed by atoms with Gasteiger partial charge in [-0.05, 0) is 61.5 Å². The van der Waals surface area contributed by atoms with Crippen LogP contribution in [0.4, 0.5) is 5.69 Å². The fourth-order valence-electron chi connectivity index (χ4n) is 2.74. The zero-order chi connectivity index (χ0) is 19.6. The zero-order valence-corrected chi connectivity index (χ0v) is 16.4. The first-order valence-corrected chi connectivity index (χ1v) is 9.10. The van der Waals surface area contributed by atoms with Gasteiger partial charge in [0.1, 0.15) is 11.3 Å². The maximum absolute atomic E-state index is 13.0. The van der Waals surface area contributed by atoms with Crippen molar-refractivity contribution in [2.45, 2.75) is 13.8 Å². The van der Waals surface area contributed by atoms with E-state index in [1.807, 2.05) is 32.0 Å². The zero-order valence-electron chi connectivity index (χ0n) is 14.8. The lowest BCUT2D eigenvalue weighted by atomic mass is 10.1. The third-order valence-corrected chi connectivity index (χ3v) is 4.60. The Morgan fingerprint density at radius 2 is 1.96 bits per heavy atom. The van der Waals surface area contributed by atoms with Crippen LogP contribution < -0.4 is 15.0 Å². The molecule has 0 radical (unpaired) electrons. The van der Waals surface area contributed by atoms with Gasteiger partial charge in [0.2, 0.25) is 0 Å². The molecule has 1 N–H and O–H groups in total. The second-order valence-electron chi connectivity index (χ2n) is 5.87. The molecule has 2 amide bonds. The SMILES string of the molecule is CCOc1ccc(/C=C2\C(=O)NC(=S)N(c3ccccc3C)C2=O)cc1Cl. The standard InChI is InChI=1S/C20H17ClN2O3S/c1-3-26-17-9-8-13(11-15(17)21)10-14-18(24)22-20(27)23(19(14)25)16-7-5-4-6-12(16)2/h4-11H,3H2,1-2H3,(H,22,24,27)/b14-10+. The number of rotatable bonds is 4. The number of amides is 2. The van der Waals surface area contributed by atoms with Crippen LogP contribution in [0.15, 0.2) is 48.0 Å². The largest absolute Gasteiger partial charge is 0.492 e. The van der Waals surface area contributed by atoms with Gasteiger partial charge in [-0.15, -0.1) is 0 Å². The molecule has 1 saturated heterocycles. The summed E-state index contributed by atoms with van der Waals surface area (Å²) in [4.78, 5) is 26.7. The van der Waals surface area contributed by atoms with E-state index in [1.165, 1.54) is 11.0 Å². The molecule has 1 aliphatic heterocycles. The molecule has 0 atom stereocenters. The van der Waals surface area contributed by atoms with Crippen LogP contribution in [-0.2, 0) is 9.59 Å². The predicted molar refractivity (Wildman–Crippen MR) is 110 cm³/mol. The Morgan fingerprint density at radius 3 is 2.63 bits per heavy atom. The molecule has 7 heteroatoms. The third-order valence-electron chi connectivity index (χ3n) is 4.02. The van der Waals surface area contributed by atoms with Gasteiger partial charge in [-0.3, -0.25) is 19.8 Å². The summed E-state index contributed by atoms with van der Waals surface area (Å²) in [7, 11) is 0. The van der Waals surface area contributed by atoms with E-state index in [9.17, 15) is 9.59 Å². The van der Waals surface area contributed by atoms with Crippen LogP contribution in [-0.4, -0.2) is 23.5 Å². The molecule has 0 spiro atoms. The molecular weight excluding hydrogens is 384 g/mol. The van der Waals surface area contributed by atoms with E-state index in [0.717, 1.165) is 5.56 Å². The van der Waals surface area contributed by atoms with Gasteiger partial charge in [0.15, 0.2) is 5.11 Å². The lowest BCUT2D eigenvalue weighted by Gasteiger charge is -2.30. The van der Waals surface area contributed by atoms with E-state index in [2.05, 4.69) is 5.32 Å². The molecule has 0 aromatic heterocycles. The highest BCUT2D eigenvalue weighted by Crippen LogP contribution is 2.28. The summed E-state index contributed by atoms with van der Waals surface area (Å²) >= 11 is 11.4. The summed E-state index contributed by atoms with van der Waals surface area (Å²) in [6, 6.07) is 12.4. The summed E-state index contributed by atoms with van der Waals surface area (Å²) in [5, 5.41) is 3.03. The monoisotopic (exact) mass is 400 g/mol. The quantitative estimate of drug-likeness (QED) is 0.480. The first-order chi connectivity index (χ1) is 12.9. The number of anilines is 1. The van der Waals surface area contributed by atoms with E-state index < -0.39 is 11.8 Å². The van der Waals surface area contributed by atoms with Gasteiger partial charge in [0, 0.05) is 0 Å². The van der Waals surface area contributed by atoms with Crippen LogP contribution >= 0.6 is 23.8 Å². The number of aryl methyl sites for hydroxylation is 1. The van der Waals surface area contributed by atoms with Gasteiger partial charge in [0.25, 0.3) is 11.8 Å². The molecule has 0 aliphatic carbocycles. The number of benzene rings is 2. The average molecular weight is 401 g/mol. The Labute approximate surface area is 167 Å². The summed E-state index contributed by atoms with van der Waals surface area (Å²) in [6.07, 6.45) is 1.49. The molecule has 0 unspecified atom stereocenters. The number of ether oxygens (including phenoxy) is 1. The van der Waals surface area contributed by atoms with Gasteiger partial charge >= 0.3 is 0 Å². The molecular formula is C20H17ClN2O3S. The number of thiocarbonyl (C=S) groups is 1. The van der Waals surface area contributed by atoms with Crippen LogP contribution in [0.5, 0.6) is 5.75 Å². The molecule has 3 rings (SSSR count). The minimum atomic E-state index is -0.542. The summed E-state index contributed by atoms with van der Waals surface area (Å²) in [5.74, 6) is -0.480. The number of nitrogens with one attached hydrogen (secondary N) is 1. The number of carbonyl (C=O) groups is 2. The number of halogens is 1. The fourth-order valence-corrected chi connectivity index (χ4v) is 3.25. The molecule has 1 aliphatic rings. The average Bonchev–Trinajstić information content (AvgIpc) is 2.62. The second-order valence-corrected chi connectivity index (χ2v) is 6.66. The Hall–Kier alpha value is -2.70. The van der Waals surface area contributed by atoms with Gasteiger partial charge < -0.3 is 4.74 Å². The lowest BCUT2D eigenvalue weighted by Crippen LogP contribution is -2.54. The van der Waals surface area contributed by atoms with Crippen molar-refractivity contribution in [3.05, 3.63) is 64.2 Å². The van der Waals surface area contributed by atoms with E-state index in [0.29, 0.717) is 28.6 Å². The maximum Gasteiger partial charge on any atom is 0.270 e. The molecule has 0 saturated carbocycles. The summed E-state index contributed by atoms with van der Waals surface area (Å²) in [6.45, 7) is 4.22. The molecule has 1 fully saturated rings. The van der Waals surface area contributed by atoms with Crippen LogP contribution in [0.1, 0.15) is 18.1 Å². The van der Waals surface area contributed by atoms with Crippen molar-refractivity contribution in [2.24, 2.45) is 0 Å². The summed E-state index contributed by atoms with van der Waals surface area (Å²) < 4.78 is 5.40. The molecule has 5 nitrogen and oxygen atoms in total. The molecule has 138 valence electrons. The highest BCUT2D eigenvalue weighted by molar-refractivity contribution is 7.80. The first-order valence-electron chi connectivity index (χ1n) is 8.31. The van der Waals surface area contributed by atoms with E-state index in [4.69, 9.17) is 28.6 Å². The highest BCUT2D eigenvalue weighted by Gasteiger charge is 2.35. The molecule has 2 aromatic rings. The topological polar surface area (TPSA) is 58.6 Å². The van der Waals surface area contributed by atoms with Crippen molar-refractivity contribution in [1.29, 1.82) is 0 Å². The fraction of sp³-hybridized carbons (Fsp3) is 0.150. The van der Waals surface area contributed by atoms with Gasteiger partial charge in [-0.2, -0.15) is 0 Å². The van der Waals surface area contributed by atoms with Gasteiger partial charge in [-0.25, -0.2) is 0 Å². The minimum absolute atomic E-state index is 0.0212. The molecule has 1 heterocycles. The van der Waals surface area contributed by atoms with E-state index in [1.54, 1.807) is 24.3 Å². The first kappa shape index (κ1) is 19.1. The van der Waals surface area contributed by atoms with Crippen molar-refractivity contribution in [1.82, 2.24) is 5.32 Å². The third kappa shape index (κ3) is 3.86. The number of para-hydroxylation sites is 1. The van der Waals surface area contributed by atoms with Crippen LogP contribution in [0, 0.1) is 6.92 Å². The molecule has 27 heavy (non-hydrogen) atoms. The van der Waals surface area contributed by atoms with Crippen molar-refractivity contribution >= 4 is 52.5 Å². The van der Waals surface area contributed by atoms with Crippen molar-refractivity contribution in [3.8, 4) is 5.75 Å². The van der Waals surface area contributed by atoms with Crippen molar-refractivity contribution in [2.75, 3.05) is 11.5 Å². The van der Waals surface area contributed by atoms with Gasteiger partial charge in [0.05, 0.1) is 17.3 Å². The predicted octanol–water partition coefficient (Wildman–Crippen LogP) is 3.88. The molecule has 2 aromatic carbocycles. The Bertz CT molecular complexity index is 971. The normalized spacial score (nSPS) is 15.9. The number of hydrogen-bond donors (Lipinski definition) is 1. The van der Waals surface area contributed by atoms with Crippen LogP contribution in [0.2, 0.25) is 5.02 Å². The number of nitrogens with zero attached hydrogens (tertiary/aromatic N) is 1. The maximum atomic E-state index is 13.0. The van der Waals surface area contributed by atoms with E-state index >= 15 is 0 Å². The summed E-state index contributed by atoms with van der Waals surface area (Å²) in [5.41, 5.74) is 2.09. The number of hydrogen-bond acceptors (Lipinski definition) is 4. The van der Waals surface area contributed by atoms with Gasteiger partial charge in [-0.1, -0.05) is 35.9 Å². The van der Waals surface area contributed by atoms with Crippen molar-refractivity contribution < 1.29 is 14.3 Å². The van der Waals surface area contributed by atoms with E-state index in [-0.39, 0.29) is 10.7 Å². The highest BCUT2D eigenvalue weighted by atomic mass is 35.5. The molecule has 0 bridgehead atoms. The lowest BCUT2D eigenvalue weighted by molar-refractivity contribution is -0.122. The Morgan fingerprint density at radius 1 is 1.22 bits per heavy atom. The Kier molecular flexibility index (Phi) is 5.58. The minimum Gasteiger partial charge on any atom is -0.492 e.